The van der Waals surface area contributed by atoms with Crippen LogP contribution in [0.25, 0.3) is 33.3 Å². The van der Waals surface area contributed by atoms with E-state index in [-0.39, 0.29) is 0 Å². The van der Waals surface area contributed by atoms with Crippen LogP contribution in [0.4, 0.5) is 0 Å². The van der Waals surface area contributed by atoms with Crippen LogP contribution in [-0.4, -0.2) is 19.1 Å². The third-order valence-corrected chi connectivity index (χ3v) is 5.42. The molecule has 4 nitrogen and oxygen atoms in total. The van der Waals surface area contributed by atoms with Gasteiger partial charge >= 0.3 is 0 Å². The van der Waals surface area contributed by atoms with Crippen LogP contribution in [0.15, 0.2) is 48.9 Å². The molecule has 1 fully saturated rings. The van der Waals surface area contributed by atoms with Crippen LogP contribution in [-0.2, 0) is 7.05 Å². The molecule has 1 saturated carbocycles. The normalized spacial score (nSPS) is 15.7. The Hall–Kier alpha value is -2.62. The van der Waals surface area contributed by atoms with Crippen molar-refractivity contribution in [3.63, 3.8) is 0 Å². The first kappa shape index (κ1) is 13.8. The lowest BCUT2D eigenvalue weighted by molar-refractivity contribution is 0.532. The monoisotopic (exact) mass is 316 g/mol. The molecular weight excluding hydrogens is 296 g/mol. The molecule has 1 aliphatic carbocycles. The Morgan fingerprint density at radius 2 is 1.88 bits per heavy atom. The van der Waals surface area contributed by atoms with Crippen molar-refractivity contribution in [3.05, 3.63) is 48.9 Å². The van der Waals surface area contributed by atoms with Crippen molar-refractivity contribution in [3.8, 4) is 11.4 Å². The van der Waals surface area contributed by atoms with Crippen molar-refractivity contribution in [2.75, 3.05) is 0 Å². The van der Waals surface area contributed by atoms with Crippen molar-refractivity contribution in [2.24, 2.45) is 7.05 Å². The summed E-state index contributed by atoms with van der Waals surface area (Å²) in [6, 6.07) is 13.5. The standard InChI is InChI=1S/C20H20N4/c1-23-17-9-5-2-6-14(17)12-18(23)19-16-10-11-24(15-7-3-4-8-15)20(16)22-13-21-19/h2,5-6,9-13,15H,3-4,7-8H2,1H3. The van der Waals surface area contributed by atoms with Gasteiger partial charge in [0.1, 0.15) is 12.0 Å². The number of fused-ring (bicyclic) bond motifs is 2. The maximum absolute atomic E-state index is 4.63. The van der Waals surface area contributed by atoms with E-state index < -0.39 is 0 Å². The summed E-state index contributed by atoms with van der Waals surface area (Å²) in [5.74, 6) is 0. The molecule has 0 amide bonds. The largest absolute Gasteiger partial charge is 0.342 e. The minimum atomic E-state index is 0.595. The Bertz CT molecular complexity index is 1030. The molecule has 4 heteroatoms. The molecule has 0 spiro atoms. The highest BCUT2D eigenvalue weighted by molar-refractivity contribution is 5.94. The summed E-state index contributed by atoms with van der Waals surface area (Å²) in [7, 11) is 2.11. The van der Waals surface area contributed by atoms with Crippen LogP contribution in [0, 0.1) is 0 Å². The molecule has 0 saturated heterocycles. The number of hydrogen-bond acceptors (Lipinski definition) is 2. The zero-order valence-electron chi connectivity index (χ0n) is 13.8. The van der Waals surface area contributed by atoms with Gasteiger partial charge in [0.15, 0.2) is 0 Å². The molecule has 0 radical (unpaired) electrons. The summed E-state index contributed by atoms with van der Waals surface area (Å²) in [5.41, 5.74) is 4.47. The fraction of sp³-hybridized carbons (Fsp3) is 0.300. The summed E-state index contributed by atoms with van der Waals surface area (Å²) in [6.07, 6.45) is 9.08. The molecule has 24 heavy (non-hydrogen) atoms. The molecule has 0 bridgehead atoms. The molecule has 1 aromatic carbocycles. The number of aromatic nitrogens is 4. The molecule has 1 aliphatic rings. The molecule has 0 unspecified atom stereocenters. The minimum absolute atomic E-state index is 0.595. The van der Waals surface area contributed by atoms with Crippen molar-refractivity contribution in [1.82, 2.24) is 19.1 Å². The number of aryl methyl sites for hydroxylation is 1. The maximum atomic E-state index is 4.63. The highest BCUT2D eigenvalue weighted by atomic mass is 15.1. The molecule has 0 aliphatic heterocycles. The summed E-state index contributed by atoms with van der Waals surface area (Å²) in [5, 5.41) is 2.40. The average molecular weight is 316 g/mol. The van der Waals surface area contributed by atoms with E-state index in [4.69, 9.17) is 0 Å². The number of para-hydroxylation sites is 1. The molecule has 0 atom stereocenters. The number of hydrogen-bond donors (Lipinski definition) is 0. The topological polar surface area (TPSA) is 35.6 Å². The van der Waals surface area contributed by atoms with Gasteiger partial charge in [0.2, 0.25) is 0 Å². The van der Waals surface area contributed by atoms with Crippen molar-refractivity contribution in [2.45, 2.75) is 31.7 Å². The first-order valence-corrected chi connectivity index (χ1v) is 8.69. The molecule has 120 valence electrons. The fourth-order valence-corrected chi connectivity index (χ4v) is 4.17. The van der Waals surface area contributed by atoms with Gasteiger partial charge in [-0.15, -0.1) is 0 Å². The van der Waals surface area contributed by atoms with Crippen LogP contribution in [0.3, 0.4) is 0 Å². The lowest BCUT2D eigenvalue weighted by atomic mass is 10.2. The van der Waals surface area contributed by atoms with E-state index in [1.54, 1.807) is 6.33 Å². The third-order valence-electron chi connectivity index (χ3n) is 5.42. The average Bonchev–Trinajstić information content (AvgIpc) is 3.33. The van der Waals surface area contributed by atoms with Crippen molar-refractivity contribution in [1.29, 1.82) is 0 Å². The fourth-order valence-electron chi connectivity index (χ4n) is 4.17. The Labute approximate surface area is 140 Å². The van der Waals surface area contributed by atoms with E-state index in [2.05, 4.69) is 68.7 Å². The Morgan fingerprint density at radius 1 is 1.04 bits per heavy atom. The zero-order chi connectivity index (χ0) is 16.1. The molecular formula is C20H20N4. The summed E-state index contributed by atoms with van der Waals surface area (Å²) in [4.78, 5) is 9.23. The summed E-state index contributed by atoms with van der Waals surface area (Å²) >= 11 is 0. The number of rotatable bonds is 2. The predicted molar refractivity (Wildman–Crippen MR) is 96.9 cm³/mol. The smallest absolute Gasteiger partial charge is 0.144 e. The van der Waals surface area contributed by atoms with E-state index in [1.165, 1.54) is 36.6 Å². The van der Waals surface area contributed by atoms with Crippen LogP contribution in [0.5, 0.6) is 0 Å². The van der Waals surface area contributed by atoms with Gasteiger partial charge in [-0.1, -0.05) is 31.0 Å². The molecule has 3 heterocycles. The quantitative estimate of drug-likeness (QED) is 0.537. The predicted octanol–water partition coefficient (Wildman–Crippen LogP) is 4.71. The van der Waals surface area contributed by atoms with Gasteiger partial charge in [0.05, 0.1) is 11.4 Å². The van der Waals surface area contributed by atoms with Gasteiger partial charge in [-0.05, 0) is 31.0 Å². The summed E-state index contributed by atoms with van der Waals surface area (Å²) < 4.78 is 4.58. The Balaban J connectivity index is 1.73. The SMILES string of the molecule is Cn1c(-c2ncnc3c2ccn3C2CCCC2)cc2ccccc21. The van der Waals surface area contributed by atoms with Gasteiger partial charge in [-0.3, -0.25) is 0 Å². The lowest BCUT2D eigenvalue weighted by Crippen LogP contribution is -2.04. The van der Waals surface area contributed by atoms with Gasteiger partial charge < -0.3 is 9.13 Å². The van der Waals surface area contributed by atoms with E-state index in [1.807, 2.05) is 0 Å². The summed E-state index contributed by atoms with van der Waals surface area (Å²) in [6.45, 7) is 0. The van der Waals surface area contributed by atoms with Gasteiger partial charge in [-0.2, -0.15) is 0 Å². The Kier molecular flexibility index (Phi) is 2.98. The zero-order valence-corrected chi connectivity index (χ0v) is 13.8. The van der Waals surface area contributed by atoms with E-state index in [0.717, 1.165) is 22.4 Å². The second kappa shape index (κ2) is 5.20. The molecule has 0 N–H and O–H groups in total. The van der Waals surface area contributed by atoms with E-state index in [0.29, 0.717) is 6.04 Å². The van der Waals surface area contributed by atoms with Gasteiger partial charge in [0, 0.05) is 35.6 Å². The van der Waals surface area contributed by atoms with E-state index in [9.17, 15) is 0 Å². The highest BCUT2D eigenvalue weighted by Gasteiger charge is 2.21. The second-order valence-electron chi connectivity index (χ2n) is 6.77. The first-order valence-electron chi connectivity index (χ1n) is 8.69. The Morgan fingerprint density at radius 3 is 2.71 bits per heavy atom. The van der Waals surface area contributed by atoms with Crippen molar-refractivity contribution >= 4 is 21.9 Å². The maximum Gasteiger partial charge on any atom is 0.144 e. The second-order valence-corrected chi connectivity index (χ2v) is 6.77. The minimum Gasteiger partial charge on any atom is -0.342 e. The molecule has 5 rings (SSSR count). The van der Waals surface area contributed by atoms with Crippen LogP contribution >= 0.6 is 0 Å². The number of benzene rings is 1. The third kappa shape index (κ3) is 1.92. The molecule has 4 aromatic rings. The van der Waals surface area contributed by atoms with Crippen LogP contribution in [0.1, 0.15) is 31.7 Å². The van der Waals surface area contributed by atoms with Crippen LogP contribution < -0.4 is 0 Å². The molecule has 3 aromatic heterocycles. The first-order chi connectivity index (χ1) is 11.8. The lowest BCUT2D eigenvalue weighted by Gasteiger charge is -2.12. The number of nitrogens with zero attached hydrogens (tertiary/aromatic N) is 4. The van der Waals surface area contributed by atoms with Crippen LogP contribution in [0.2, 0.25) is 0 Å². The van der Waals surface area contributed by atoms with Gasteiger partial charge in [-0.25, -0.2) is 9.97 Å². The highest BCUT2D eigenvalue weighted by Crippen LogP contribution is 2.35. The van der Waals surface area contributed by atoms with Gasteiger partial charge in [0.25, 0.3) is 0 Å². The van der Waals surface area contributed by atoms with Crippen molar-refractivity contribution < 1.29 is 0 Å². The van der Waals surface area contributed by atoms with E-state index >= 15 is 0 Å².